The molecule has 3 nitrogen and oxygen atoms in total. The third-order valence-electron chi connectivity index (χ3n) is 1.55. The van der Waals surface area contributed by atoms with Crippen LogP contribution in [0.2, 0.25) is 0 Å². The Morgan fingerprint density at radius 3 is 2.00 bits per heavy atom. The predicted molar refractivity (Wildman–Crippen MR) is 45.6 cm³/mol. The van der Waals surface area contributed by atoms with Crippen LogP contribution >= 0.6 is 0 Å². The summed E-state index contributed by atoms with van der Waals surface area (Å²) in [6, 6.07) is 2.05. The van der Waals surface area contributed by atoms with Gasteiger partial charge in [-0.05, 0) is 12.1 Å². The second kappa shape index (κ2) is 4.57. The molecule has 1 rings (SSSR count). The van der Waals surface area contributed by atoms with E-state index in [1.807, 2.05) is 0 Å². The molecule has 0 spiro atoms. The van der Waals surface area contributed by atoms with Gasteiger partial charge in [0.25, 0.3) is 0 Å². The number of benzene rings is 1. The summed E-state index contributed by atoms with van der Waals surface area (Å²) in [6.45, 7) is -2.15. The first-order chi connectivity index (χ1) is 7.63. The number of alkyl halides is 3. The van der Waals surface area contributed by atoms with Gasteiger partial charge in [-0.2, -0.15) is 21.6 Å². The van der Waals surface area contributed by atoms with Gasteiger partial charge in [-0.1, -0.05) is 6.07 Å². The van der Waals surface area contributed by atoms with E-state index in [2.05, 4.69) is 4.18 Å². The van der Waals surface area contributed by atoms with Crippen molar-refractivity contribution in [2.24, 2.45) is 0 Å². The Hall–Kier alpha value is -1.22. The van der Waals surface area contributed by atoms with Crippen molar-refractivity contribution in [1.82, 2.24) is 0 Å². The van der Waals surface area contributed by atoms with Crippen LogP contribution in [-0.4, -0.2) is 21.2 Å². The van der Waals surface area contributed by atoms with Crippen LogP contribution in [0.4, 0.5) is 22.0 Å². The van der Waals surface area contributed by atoms with E-state index in [1.165, 1.54) is 0 Å². The van der Waals surface area contributed by atoms with E-state index >= 15 is 0 Å². The summed E-state index contributed by atoms with van der Waals surface area (Å²) in [5, 5.41) is 0. The highest BCUT2D eigenvalue weighted by molar-refractivity contribution is 7.86. The van der Waals surface area contributed by atoms with Gasteiger partial charge in [0, 0.05) is 0 Å². The zero-order valence-corrected chi connectivity index (χ0v) is 8.78. The van der Waals surface area contributed by atoms with Gasteiger partial charge in [-0.25, -0.2) is 8.78 Å². The van der Waals surface area contributed by atoms with Crippen molar-refractivity contribution >= 4 is 10.1 Å². The second-order valence-corrected chi connectivity index (χ2v) is 4.43. The summed E-state index contributed by atoms with van der Waals surface area (Å²) in [5.41, 5.74) is 0. The summed E-state index contributed by atoms with van der Waals surface area (Å²) in [5.74, 6) is -3.04. The van der Waals surface area contributed by atoms with Crippen molar-refractivity contribution in [3.8, 4) is 0 Å². The minimum absolute atomic E-state index is 0.590. The molecule has 0 heterocycles. The molecule has 17 heavy (non-hydrogen) atoms. The lowest BCUT2D eigenvalue weighted by atomic mass is 10.3. The number of halogens is 5. The highest BCUT2D eigenvalue weighted by Gasteiger charge is 2.33. The summed E-state index contributed by atoms with van der Waals surface area (Å²) in [6.07, 6.45) is -4.92. The molecule has 0 amide bonds. The maximum atomic E-state index is 13.0. The third kappa shape index (κ3) is 3.63. The maximum Gasteiger partial charge on any atom is 0.413 e. The molecular formula is C8H5F5O3S. The normalized spacial score (nSPS) is 12.8. The Balaban J connectivity index is 3.06. The van der Waals surface area contributed by atoms with Gasteiger partial charge in [0.15, 0.2) is 11.5 Å². The average Bonchev–Trinajstić information content (AvgIpc) is 2.13. The van der Waals surface area contributed by atoms with Crippen molar-refractivity contribution in [2.45, 2.75) is 11.1 Å². The Morgan fingerprint density at radius 1 is 1.12 bits per heavy atom. The van der Waals surface area contributed by atoms with E-state index in [9.17, 15) is 30.4 Å². The maximum absolute atomic E-state index is 13.0. The predicted octanol–water partition coefficient (Wildman–Crippen LogP) is 2.23. The van der Waals surface area contributed by atoms with Crippen LogP contribution in [-0.2, 0) is 14.3 Å². The van der Waals surface area contributed by atoms with Crippen molar-refractivity contribution < 1.29 is 34.6 Å². The van der Waals surface area contributed by atoms with E-state index in [0.29, 0.717) is 12.1 Å². The molecule has 0 unspecified atom stereocenters. The van der Waals surface area contributed by atoms with Crippen LogP contribution in [0.1, 0.15) is 0 Å². The standard InChI is InChI=1S/C8H5F5O3S/c9-5-2-1-3-6(10)7(5)17(14,15)16-4-8(11,12)13/h1-3H,4H2. The fourth-order valence-electron chi connectivity index (χ4n) is 0.925. The summed E-state index contributed by atoms with van der Waals surface area (Å²) in [4.78, 5) is -1.54. The van der Waals surface area contributed by atoms with Gasteiger partial charge >= 0.3 is 16.3 Å². The van der Waals surface area contributed by atoms with Crippen molar-refractivity contribution in [2.75, 3.05) is 6.61 Å². The molecule has 0 atom stereocenters. The molecule has 0 N–H and O–H groups in total. The molecule has 0 saturated heterocycles. The van der Waals surface area contributed by atoms with Crippen LogP contribution in [0.25, 0.3) is 0 Å². The topological polar surface area (TPSA) is 43.4 Å². The molecule has 1 aromatic rings. The van der Waals surface area contributed by atoms with Crippen molar-refractivity contribution in [3.63, 3.8) is 0 Å². The molecule has 0 aliphatic carbocycles. The van der Waals surface area contributed by atoms with Crippen molar-refractivity contribution in [1.29, 1.82) is 0 Å². The molecule has 0 saturated carbocycles. The molecule has 0 fully saturated rings. The first-order valence-corrected chi connectivity index (χ1v) is 5.44. The van der Waals surface area contributed by atoms with Gasteiger partial charge in [0.2, 0.25) is 0 Å². The Labute approximate surface area is 92.9 Å². The highest BCUT2D eigenvalue weighted by atomic mass is 32.2. The fourth-order valence-corrected chi connectivity index (χ4v) is 1.95. The largest absolute Gasteiger partial charge is 0.413 e. The van der Waals surface area contributed by atoms with Gasteiger partial charge < -0.3 is 0 Å². The Morgan fingerprint density at radius 2 is 1.59 bits per heavy atom. The van der Waals surface area contributed by atoms with E-state index in [1.54, 1.807) is 0 Å². The summed E-state index contributed by atoms with van der Waals surface area (Å²) < 4.78 is 86.9. The summed E-state index contributed by atoms with van der Waals surface area (Å²) >= 11 is 0. The lowest BCUT2D eigenvalue weighted by Crippen LogP contribution is -2.21. The fraction of sp³-hybridized carbons (Fsp3) is 0.250. The number of rotatable bonds is 3. The van der Waals surface area contributed by atoms with Crippen LogP contribution in [0, 0.1) is 11.6 Å². The molecule has 0 aromatic heterocycles. The van der Waals surface area contributed by atoms with Gasteiger partial charge in [-0.15, -0.1) is 0 Å². The second-order valence-electron chi connectivity index (χ2n) is 2.88. The summed E-state index contributed by atoms with van der Waals surface area (Å²) in [7, 11) is -5.12. The van der Waals surface area contributed by atoms with E-state index in [-0.39, 0.29) is 0 Å². The SMILES string of the molecule is O=S(=O)(OCC(F)(F)F)c1c(F)cccc1F. The minimum Gasteiger partial charge on any atom is -0.257 e. The molecular weight excluding hydrogens is 271 g/mol. The number of hydrogen-bond acceptors (Lipinski definition) is 3. The lowest BCUT2D eigenvalue weighted by Gasteiger charge is -2.09. The van der Waals surface area contributed by atoms with E-state index in [4.69, 9.17) is 0 Å². The zero-order valence-electron chi connectivity index (χ0n) is 7.96. The smallest absolute Gasteiger partial charge is 0.257 e. The average molecular weight is 276 g/mol. The molecule has 96 valence electrons. The first-order valence-electron chi connectivity index (χ1n) is 4.04. The molecule has 0 bridgehead atoms. The Kier molecular flexibility index (Phi) is 3.72. The first kappa shape index (κ1) is 13.8. The van der Waals surface area contributed by atoms with E-state index in [0.717, 1.165) is 6.07 Å². The monoisotopic (exact) mass is 276 g/mol. The quantitative estimate of drug-likeness (QED) is 0.628. The van der Waals surface area contributed by atoms with E-state index < -0.39 is 39.4 Å². The lowest BCUT2D eigenvalue weighted by molar-refractivity contribution is -0.152. The minimum atomic E-state index is -5.12. The van der Waals surface area contributed by atoms with Gasteiger partial charge in [0.1, 0.15) is 11.6 Å². The van der Waals surface area contributed by atoms with Crippen LogP contribution < -0.4 is 0 Å². The molecule has 0 aliphatic rings. The molecule has 1 aromatic carbocycles. The third-order valence-corrected chi connectivity index (χ3v) is 2.86. The molecule has 0 aliphatic heterocycles. The molecule has 9 heteroatoms. The highest BCUT2D eigenvalue weighted by Crippen LogP contribution is 2.23. The number of hydrogen-bond donors (Lipinski definition) is 0. The van der Waals surface area contributed by atoms with Gasteiger partial charge in [-0.3, -0.25) is 4.18 Å². The molecule has 0 radical (unpaired) electrons. The van der Waals surface area contributed by atoms with Crippen molar-refractivity contribution in [3.05, 3.63) is 29.8 Å². The Bertz CT molecular complexity index is 488. The van der Waals surface area contributed by atoms with Gasteiger partial charge in [0.05, 0.1) is 0 Å². The van der Waals surface area contributed by atoms with Crippen LogP contribution in [0.5, 0.6) is 0 Å². The zero-order chi connectivity index (χ0) is 13.3. The van der Waals surface area contributed by atoms with Crippen LogP contribution in [0.15, 0.2) is 23.1 Å². The van der Waals surface area contributed by atoms with Crippen LogP contribution in [0.3, 0.4) is 0 Å².